The van der Waals surface area contributed by atoms with Crippen molar-refractivity contribution in [3.05, 3.63) is 0 Å². The summed E-state index contributed by atoms with van der Waals surface area (Å²) in [5.74, 6) is -1.10. The third-order valence-corrected chi connectivity index (χ3v) is 11.5. The van der Waals surface area contributed by atoms with Gasteiger partial charge in [-0.05, 0) is 53.4 Å². The number of hydrogen-bond acceptors (Lipinski definition) is 7. The molecule has 0 amide bonds. The molecule has 4 aliphatic rings. The zero-order valence-electron chi connectivity index (χ0n) is 24.8. The van der Waals surface area contributed by atoms with Crippen LogP contribution in [-0.2, 0) is 18.9 Å². The molecule has 4 fully saturated rings. The lowest BCUT2D eigenvalue weighted by atomic mass is 9.66. The van der Waals surface area contributed by atoms with E-state index < -0.39 is 22.7 Å². The summed E-state index contributed by atoms with van der Waals surface area (Å²) in [5.41, 5.74) is -1.25. The van der Waals surface area contributed by atoms with Gasteiger partial charge in [-0.3, -0.25) is 0 Å². The second-order valence-corrected chi connectivity index (χ2v) is 13.8. The molecular formula is C29H54N2O5. The molecule has 0 aromatic rings. The van der Waals surface area contributed by atoms with Crippen LogP contribution in [-0.4, -0.2) is 70.4 Å². The summed E-state index contributed by atoms with van der Waals surface area (Å²) >= 11 is 0. The first kappa shape index (κ1) is 28.7. The second kappa shape index (κ2) is 9.14. The van der Waals surface area contributed by atoms with E-state index in [1.807, 2.05) is 0 Å². The largest absolute Gasteiger partial charge is 0.349 e. The molecule has 7 nitrogen and oxygen atoms in total. The SMILES string of the molecule is CCC1(C)CC2(OCC3(CO2)COC2(CC(C)(CC)N(O)C(C)(CC)C2C)OC3)C(C)C(C)(CC)N1. The van der Waals surface area contributed by atoms with Gasteiger partial charge >= 0.3 is 0 Å². The van der Waals surface area contributed by atoms with Gasteiger partial charge < -0.3 is 29.5 Å². The molecule has 0 saturated carbocycles. The Morgan fingerprint density at radius 1 is 0.722 bits per heavy atom. The Hall–Kier alpha value is -0.280. The number of nitrogens with zero attached hydrogens (tertiary/aromatic N) is 1. The Morgan fingerprint density at radius 3 is 1.64 bits per heavy atom. The molecule has 0 aliphatic carbocycles. The van der Waals surface area contributed by atoms with Crippen LogP contribution in [0.5, 0.6) is 0 Å². The van der Waals surface area contributed by atoms with Gasteiger partial charge in [0.05, 0.1) is 37.4 Å². The van der Waals surface area contributed by atoms with Gasteiger partial charge in [-0.15, -0.1) is 0 Å². The maximum atomic E-state index is 11.2. The van der Waals surface area contributed by atoms with Gasteiger partial charge in [0, 0.05) is 41.3 Å². The Bertz CT molecular complexity index is 805. The van der Waals surface area contributed by atoms with Crippen molar-refractivity contribution in [3.63, 3.8) is 0 Å². The number of rotatable bonds is 4. The van der Waals surface area contributed by atoms with Crippen LogP contribution in [0.2, 0.25) is 0 Å². The van der Waals surface area contributed by atoms with E-state index >= 15 is 0 Å². The van der Waals surface area contributed by atoms with E-state index in [1.165, 1.54) is 0 Å². The van der Waals surface area contributed by atoms with Crippen molar-refractivity contribution in [1.29, 1.82) is 0 Å². The first-order chi connectivity index (χ1) is 16.7. The molecule has 0 aromatic carbocycles. The molecule has 0 radical (unpaired) electrons. The molecule has 0 bridgehead atoms. The summed E-state index contributed by atoms with van der Waals surface area (Å²) in [6.45, 7) is 24.3. The van der Waals surface area contributed by atoms with Crippen LogP contribution in [0, 0.1) is 17.3 Å². The van der Waals surface area contributed by atoms with E-state index in [0.717, 1.165) is 32.1 Å². The summed E-state index contributed by atoms with van der Waals surface area (Å²) in [5, 5.41) is 16.8. The average molecular weight is 511 g/mol. The highest BCUT2D eigenvalue weighted by Gasteiger charge is 2.65. The van der Waals surface area contributed by atoms with Crippen LogP contribution in [0.3, 0.4) is 0 Å². The number of nitrogens with one attached hydrogen (secondary N) is 1. The van der Waals surface area contributed by atoms with E-state index in [0.29, 0.717) is 32.8 Å². The molecule has 6 unspecified atom stereocenters. The van der Waals surface area contributed by atoms with E-state index in [4.69, 9.17) is 18.9 Å². The molecule has 3 spiro atoms. The molecule has 36 heavy (non-hydrogen) atoms. The van der Waals surface area contributed by atoms with Crippen molar-refractivity contribution in [2.24, 2.45) is 17.3 Å². The quantitative estimate of drug-likeness (QED) is 0.518. The van der Waals surface area contributed by atoms with Gasteiger partial charge in [0.1, 0.15) is 0 Å². The summed E-state index contributed by atoms with van der Waals surface area (Å²) in [7, 11) is 0. The number of hydrogen-bond donors (Lipinski definition) is 2. The summed E-state index contributed by atoms with van der Waals surface area (Å²) in [6, 6.07) is 0. The van der Waals surface area contributed by atoms with Gasteiger partial charge in [-0.2, -0.15) is 5.06 Å². The highest BCUT2D eigenvalue weighted by molar-refractivity contribution is 5.11. The zero-order valence-corrected chi connectivity index (χ0v) is 24.8. The van der Waals surface area contributed by atoms with Crippen LogP contribution in [0.1, 0.15) is 108 Å². The van der Waals surface area contributed by atoms with Crippen molar-refractivity contribution in [2.75, 3.05) is 26.4 Å². The fourth-order valence-electron chi connectivity index (χ4n) is 7.53. The third kappa shape index (κ3) is 4.11. The molecule has 7 heteroatoms. The van der Waals surface area contributed by atoms with Crippen LogP contribution in [0.25, 0.3) is 0 Å². The van der Waals surface area contributed by atoms with E-state index in [-0.39, 0.29) is 28.3 Å². The first-order valence-electron chi connectivity index (χ1n) is 14.5. The highest BCUT2D eigenvalue weighted by atomic mass is 16.7. The van der Waals surface area contributed by atoms with Crippen LogP contribution >= 0.6 is 0 Å². The minimum Gasteiger partial charge on any atom is -0.349 e. The molecule has 6 atom stereocenters. The fraction of sp³-hybridized carbons (Fsp3) is 1.00. The lowest BCUT2D eigenvalue weighted by molar-refractivity contribution is -0.426. The molecule has 4 aliphatic heterocycles. The minimum absolute atomic E-state index is 0.00806. The predicted molar refractivity (Wildman–Crippen MR) is 141 cm³/mol. The lowest BCUT2D eigenvalue weighted by Gasteiger charge is -2.64. The van der Waals surface area contributed by atoms with Gasteiger partial charge in [0.2, 0.25) is 0 Å². The third-order valence-electron chi connectivity index (χ3n) is 11.5. The minimum atomic E-state index is -0.723. The number of ether oxygens (including phenoxy) is 4. The topological polar surface area (TPSA) is 72.4 Å². The van der Waals surface area contributed by atoms with E-state index in [1.54, 1.807) is 5.06 Å². The van der Waals surface area contributed by atoms with Crippen molar-refractivity contribution in [3.8, 4) is 0 Å². The molecule has 4 heterocycles. The number of hydroxylamine groups is 2. The summed E-state index contributed by atoms with van der Waals surface area (Å²) in [6.07, 6.45) is 5.14. The van der Waals surface area contributed by atoms with E-state index in [9.17, 15) is 5.21 Å². The predicted octanol–water partition coefficient (Wildman–Crippen LogP) is 5.49. The van der Waals surface area contributed by atoms with Gasteiger partial charge in [-0.25, -0.2) is 0 Å². The van der Waals surface area contributed by atoms with Gasteiger partial charge in [-0.1, -0.05) is 41.5 Å². The van der Waals surface area contributed by atoms with Crippen molar-refractivity contribution in [1.82, 2.24) is 10.4 Å². The van der Waals surface area contributed by atoms with Crippen molar-refractivity contribution in [2.45, 2.75) is 141 Å². The Morgan fingerprint density at radius 2 is 1.22 bits per heavy atom. The van der Waals surface area contributed by atoms with Crippen LogP contribution in [0.15, 0.2) is 0 Å². The maximum absolute atomic E-state index is 11.2. The Labute approximate surface area is 219 Å². The monoisotopic (exact) mass is 510 g/mol. The zero-order chi connectivity index (χ0) is 26.8. The molecule has 2 N–H and O–H groups in total. The molecule has 4 saturated heterocycles. The fourth-order valence-corrected chi connectivity index (χ4v) is 7.53. The van der Waals surface area contributed by atoms with Gasteiger partial charge in [0.25, 0.3) is 0 Å². The van der Waals surface area contributed by atoms with Crippen molar-refractivity contribution >= 4 is 0 Å². The molecule has 4 rings (SSSR count). The standard InChI is InChI=1S/C29H54N2O5/c1-11-23(7)15-28(21(5)25(9,13-3)30-23)33-17-27(18-34-28)19-35-29(36-20-27)16-24(8,12-2)31(32)26(10,14-4)22(29)6/h21-22,30,32H,11-20H2,1-10H3. The molecule has 210 valence electrons. The summed E-state index contributed by atoms with van der Waals surface area (Å²) in [4.78, 5) is 0. The second-order valence-electron chi connectivity index (χ2n) is 13.8. The Balaban J connectivity index is 1.52. The van der Waals surface area contributed by atoms with Crippen LogP contribution < -0.4 is 5.32 Å². The highest BCUT2D eigenvalue weighted by Crippen LogP contribution is 2.55. The first-order valence-corrected chi connectivity index (χ1v) is 14.5. The Kier molecular flexibility index (Phi) is 7.29. The average Bonchev–Trinajstić information content (AvgIpc) is 2.88. The number of piperidine rings is 2. The molecular weight excluding hydrogens is 456 g/mol. The molecule has 0 aromatic heterocycles. The van der Waals surface area contributed by atoms with E-state index in [2.05, 4.69) is 74.6 Å². The smallest absolute Gasteiger partial charge is 0.174 e. The van der Waals surface area contributed by atoms with Gasteiger partial charge in [0.15, 0.2) is 11.6 Å². The van der Waals surface area contributed by atoms with Crippen LogP contribution in [0.4, 0.5) is 0 Å². The van der Waals surface area contributed by atoms with Crippen molar-refractivity contribution < 1.29 is 24.2 Å². The maximum Gasteiger partial charge on any atom is 0.174 e. The lowest BCUT2D eigenvalue weighted by Crippen LogP contribution is -2.75. The summed E-state index contributed by atoms with van der Waals surface area (Å²) < 4.78 is 27.1. The normalized spacial score (nSPS) is 54.4.